The molecule has 0 aliphatic heterocycles. The molecular weight excluding hydrogens is 276 g/mol. The fourth-order valence-corrected chi connectivity index (χ4v) is 3.56. The van der Waals surface area contributed by atoms with E-state index in [9.17, 15) is 0 Å². The van der Waals surface area contributed by atoms with Gasteiger partial charge in [-0.25, -0.2) is 5.43 Å². The van der Waals surface area contributed by atoms with Crippen LogP contribution < -0.4 is 11.3 Å². The molecule has 0 amide bonds. The van der Waals surface area contributed by atoms with Gasteiger partial charge in [-0.15, -0.1) is 11.3 Å². The van der Waals surface area contributed by atoms with E-state index < -0.39 is 0 Å². The number of hydrazine groups is 1. The molecule has 0 aliphatic rings. The van der Waals surface area contributed by atoms with Gasteiger partial charge in [0, 0.05) is 4.88 Å². The summed E-state index contributed by atoms with van der Waals surface area (Å²) in [6, 6.07) is 16.3. The molecule has 1 unspecified atom stereocenters. The number of hydrogen-bond donors (Lipinski definition) is 2. The molecule has 4 heteroatoms. The molecule has 0 aliphatic carbocycles. The average molecular weight is 289 g/mol. The van der Waals surface area contributed by atoms with Crippen LogP contribution in [0.1, 0.15) is 16.5 Å². The van der Waals surface area contributed by atoms with Crippen molar-refractivity contribution in [3.8, 4) is 0 Å². The van der Waals surface area contributed by atoms with Crippen molar-refractivity contribution in [2.75, 3.05) is 0 Å². The summed E-state index contributed by atoms with van der Waals surface area (Å²) in [6.45, 7) is 0. The quantitative estimate of drug-likeness (QED) is 0.562. The average Bonchev–Trinajstić information content (AvgIpc) is 2.86. The van der Waals surface area contributed by atoms with E-state index in [2.05, 4.69) is 29.7 Å². The van der Waals surface area contributed by atoms with E-state index in [0.29, 0.717) is 0 Å². The van der Waals surface area contributed by atoms with E-state index in [1.807, 2.05) is 29.6 Å². The van der Waals surface area contributed by atoms with E-state index in [0.717, 1.165) is 15.5 Å². The fourth-order valence-electron chi connectivity index (χ4n) is 2.32. The Balaban J connectivity index is 2.20. The van der Waals surface area contributed by atoms with Crippen LogP contribution in [0.25, 0.3) is 10.8 Å². The van der Waals surface area contributed by atoms with Gasteiger partial charge in [-0.3, -0.25) is 5.84 Å². The number of nitrogens with one attached hydrogen (secondary N) is 1. The molecular formula is C15H13ClN2S. The minimum atomic E-state index is -0.0846. The molecule has 0 bridgehead atoms. The van der Waals surface area contributed by atoms with Gasteiger partial charge < -0.3 is 0 Å². The van der Waals surface area contributed by atoms with Crippen LogP contribution >= 0.6 is 22.9 Å². The van der Waals surface area contributed by atoms with E-state index in [1.165, 1.54) is 10.8 Å². The van der Waals surface area contributed by atoms with Gasteiger partial charge in [-0.2, -0.15) is 0 Å². The largest absolute Gasteiger partial charge is 0.271 e. The smallest absolute Gasteiger partial charge is 0.0823 e. The Labute approximate surface area is 120 Å². The maximum Gasteiger partial charge on any atom is 0.0823 e. The third-order valence-electron chi connectivity index (χ3n) is 3.21. The summed E-state index contributed by atoms with van der Waals surface area (Å²) in [5.74, 6) is 5.75. The third kappa shape index (κ3) is 2.26. The van der Waals surface area contributed by atoms with Crippen LogP contribution in [-0.2, 0) is 0 Å². The molecule has 1 heterocycles. The van der Waals surface area contributed by atoms with E-state index in [1.54, 1.807) is 11.3 Å². The molecule has 96 valence electrons. The first-order valence-electron chi connectivity index (χ1n) is 5.98. The molecule has 1 aromatic heterocycles. The number of rotatable bonds is 3. The number of benzene rings is 2. The number of nitrogens with two attached hydrogens (primary N) is 1. The molecule has 0 saturated carbocycles. The van der Waals surface area contributed by atoms with E-state index in [4.69, 9.17) is 17.4 Å². The zero-order chi connectivity index (χ0) is 13.2. The summed E-state index contributed by atoms with van der Waals surface area (Å²) in [7, 11) is 0. The van der Waals surface area contributed by atoms with Gasteiger partial charge in [0.2, 0.25) is 0 Å². The van der Waals surface area contributed by atoms with Gasteiger partial charge in [0.15, 0.2) is 0 Å². The Hall–Kier alpha value is -1.39. The summed E-state index contributed by atoms with van der Waals surface area (Å²) in [5, 5.41) is 5.12. The predicted molar refractivity (Wildman–Crippen MR) is 82.4 cm³/mol. The topological polar surface area (TPSA) is 38.0 Å². The number of hydrogen-bond acceptors (Lipinski definition) is 3. The summed E-state index contributed by atoms with van der Waals surface area (Å²) in [4.78, 5) is 1.04. The zero-order valence-electron chi connectivity index (χ0n) is 10.1. The highest BCUT2D eigenvalue weighted by molar-refractivity contribution is 7.10. The molecule has 19 heavy (non-hydrogen) atoms. The molecule has 2 aromatic carbocycles. The molecule has 3 N–H and O–H groups in total. The van der Waals surface area contributed by atoms with E-state index in [-0.39, 0.29) is 6.04 Å². The monoisotopic (exact) mass is 288 g/mol. The van der Waals surface area contributed by atoms with Crippen molar-refractivity contribution in [2.45, 2.75) is 6.04 Å². The normalized spacial score (nSPS) is 12.7. The minimum Gasteiger partial charge on any atom is -0.271 e. The van der Waals surface area contributed by atoms with E-state index >= 15 is 0 Å². The Morgan fingerprint density at radius 2 is 1.84 bits per heavy atom. The van der Waals surface area contributed by atoms with Gasteiger partial charge >= 0.3 is 0 Å². The van der Waals surface area contributed by atoms with Crippen LogP contribution in [0.2, 0.25) is 5.02 Å². The summed E-state index contributed by atoms with van der Waals surface area (Å²) >= 11 is 7.84. The number of halogens is 1. The SMILES string of the molecule is NNC(c1sccc1Cl)c1cccc2ccccc12. The number of thiophene rings is 1. The van der Waals surface area contributed by atoms with Crippen LogP contribution in [-0.4, -0.2) is 0 Å². The lowest BCUT2D eigenvalue weighted by Gasteiger charge is -2.17. The lowest BCUT2D eigenvalue weighted by atomic mass is 9.98. The predicted octanol–water partition coefficient (Wildman–Crippen LogP) is 4.11. The maximum atomic E-state index is 6.23. The van der Waals surface area contributed by atoms with Crippen molar-refractivity contribution in [3.63, 3.8) is 0 Å². The Bertz CT molecular complexity index is 703. The maximum absolute atomic E-state index is 6.23. The molecule has 0 saturated heterocycles. The first-order valence-corrected chi connectivity index (χ1v) is 7.23. The molecule has 0 spiro atoms. The molecule has 0 radical (unpaired) electrons. The van der Waals surface area contributed by atoms with Gasteiger partial charge in [0.1, 0.15) is 0 Å². The highest BCUT2D eigenvalue weighted by atomic mass is 35.5. The van der Waals surface area contributed by atoms with Crippen molar-refractivity contribution in [1.29, 1.82) is 0 Å². The van der Waals surface area contributed by atoms with Crippen LogP contribution in [0.3, 0.4) is 0 Å². The Kier molecular flexibility index (Phi) is 3.53. The lowest BCUT2D eigenvalue weighted by Crippen LogP contribution is -2.28. The van der Waals surface area contributed by atoms with Crippen molar-refractivity contribution >= 4 is 33.7 Å². The molecule has 3 aromatic rings. The fraction of sp³-hybridized carbons (Fsp3) is 0.0667. The first kappa shape index (κ1) is 12.6. The minimum absolute atomic E-state index is 0.0846. The highest BCUT2D eigenvalue weighted by Crippen LogP contribution is 2.35. The van der Waals surface area contributed by atoms with Crippen molar-refractivity contribution < 1.29 is 0 Å². The lowest BCUT2D eigenvalue weighted by molar-refractivity contribution is 0.651. The van der Waals surface area contributed by atoms with Crippen LogP contribution in [0.4, 0.5) is 0 Å². The van der Waals surface area contributed by atoms with Gasteiger partial charge in [-0.05, 0) is 27.8 Å². The van der Waals surface area contributed by atoms with Crippen molar-refractivity contribution in [3.05, 3.63) is 69.4 Å². The van der Waals surface area contributed by atoms with Crippen molar-refractivity contribution in [2.24, 2.45) is 5.84 Å². The molecule has 3 rings (SSSR count). The second-order valence-corrected chi connectivity index (χ2v) is 5.66. The summed E-state index contributed by atoms with van der Waals surface area (Å²) in [6.07, 6.45) is 0. The third-order valence-corrected chi connectivity index (χ3v) is 4.63. The Morgan fingerprint density at radius 3 is 2.58 bits per heavy atom. The second kappa shape index (κ2) is 5.31. The van der Waals surface area contributed by atoms with Crippen LogP contribution in [0.15, 0.2) is 53.9 Å². The summed E-state index contributed by atoms with van der Waals surface area (Å²) < 4.78 is 0. The first-order chi connectivity index (χ1) is 9.31. The van der Waals surface area contributed by atoms with Crippen LogP contribution in [0.5, 0.6) is 0 Å². The summed E-state index contributed by atoms with van der Waals surface area (Å²) in [5.41, 5.74) is 4.02. The molecule has 0 fully saturated rings. The van der Waals surface area contributed by atoms with Gasteiger partial charge in [-0.1, -0.05) is 54.1 Å². The number of fused-ring (bicyclic) bond motifs is 1. The molecule has 1 atom stereocenters. The van der Waals surface area contributed by atoms with Gasteiger partial charge in [0.05, 0.1) is 11.1 Å². The molecule has 2 nitrogen and oxygen atoms in total. The van der Waals surface area contributed by atoms with Crippen molar-refractivity contribution in [1.82, 2.24) is 5.43 Å². The second-order valence-electron chi connectivity index (χ2n) is 4.30. The Morgan fingerprint density at radius 1 is 1.05 bits per heavy atom. The highest BCUT2D eigenvalue weighted by Gasteiger charge is 2.18. The van der Waals surface area contributed by atoms with Gasteiger partial charge in [0.25, 0.3) is 0 Å². The zero-order valence-corrected chi connectivity index (χ0v) is 11.7. The van der Waals surface area contributed by atoms with Crippen LogP contribution in [0, 0.1) is 0 Å². The standard InChI is InChI=1S/C15H13ClN2S/c16-13-8-9-19-15(13)14(18-17)12-7-3-5-10-4-1-2-6-11(10)12/h1-9,14,18H,17H2.